The van der Waals surface area contributed by atoms with E-state index >= 15 is 0 Å². The number of rotatable bonds is 6. The Labute approximate surface area is 189 Å². The topological polar surface area (TPSA) is 9.23 Å². The molecule has 0 spiro atoms. The molecule has 0 amide bonds. The highest BCUT2D eigenvalue weighted by molar-refractivity contribution is 6.77. The fraction of sp³-hybridized carbons (Fsp3) is 0.786. The van der Waals surface area contributed by atoms with Gasteiger partial charge in [0.2, 0.25) is 0 Å². The van der Waals surface area contributed by atoms with Crippen LogP contribution >= 0.6 is 0 Å². The molecule has 0 saturated heterocycles. The van der Waals surface area contributed by atoms with E-state index in [1.54, 1.807) is 11.1 Å². The van der Waals surface area contributed by atoms with Crippen LogP contribution in [0.2, 0.25) is 16.6 Å². The van der Waals surface area contributed by atoms with Gasteiger partial charge in [-0.25, -0.2) is 0 Å². The van der Waals surface area contributed by atoms with E-state index in [1.165, 1.54) is 25.0 Å². The van der Waals surface area contributed by atoms with Crippen molar-refractivity contribution in [2.24, 2.45) is 16.7 Å². The molecule has 1 unspecified atom stereocenters. The molecule has 0 bridgehead atoms. The highest BCUT2D eigenvalue weighted by Crippen LogP contribution is 2.51. The highest BCUT2D eigenvalue weighted by atomic mass is 28.4. The Morgan fingerprint density at radius 2 is 1.53 bits per heavy atom. The maximum Gasteiger partial charge on any atom is 0.258 e. The molecule has 2 aliphatic carbocycles. The SMILES string of the molecule is CC1=C(C2C/C=C(/O[Si](C(C)C)(C(C)C)C(C)C)C/C=C\C2(C)C)C(C)(C)CCC1. The molecule has 0 radical (unpaired) electrons. The van der Waals surface area contributed by atoms with Gasteiger partial charge in [-0.1, -0.05) is 92.5 Å². The molecule has 2 heteroatoms. The van der Waals surface area contributed by atoms with Gasteiger partial charge < -0.3 is 4.43 Å². The van der Waals surface area contributed by atoms with E-state index in [2.05, 4.69) is 94.4 Å². The maximum atomic E-state index is 7.11. The van der Waals surface area contributed by atoms with Gasteiger partial charge in [0.15, 0.2) is 0 Å². The predicted octanol–water partition coefficient (Wildman–Crippen LogP) is 9.58. The summed E-state index contributed by atoms with van der Waals surface area (Å²) in [4.78, 5) is 0. The van der Waals surface area contributed by atoms with Crippen LogP contribution in [0, 0.1) is 16.7 Å². The average molecular weight is 431 g/mol. The molecule has 0 aromatic rings. The van der Waals surface area contributed by atoms with E-state index in [9.17, 15) is 0 Å². The van der Waals surface area contributed by atoms with Gasteiger partial charge in [-0.15, -0.1) is 0 Å². The Balaban J connectivity index is 2.45. The van der Waals surface area contributed by atoms with Crippen LogP contribution in [-0.4, -0.2) is 8.32 Å². The van der Waals surface area contributed by atoms with Gasteiger partial charge in [0, 0.05) is 6.42 Å². The van der Waals surface area contributed by atoms with Crippen LogP contribution in [0.1, 0.15) is 108 Å². The molecule has 0 aromatic carbocycles. The maximum absolute atomic E-state index is 7.11. The summed E-state index contributed by atoms with van der Waals surface area (Å²) in [6.07, 6.45) is 13.3. The molecule has 30 heavy (non-hydrogen) atoms. The molecule has 0 N–H and O–H groups in total. The summed E-state index contributed by atoms with van der Waals surface area (Å²) in [7, 11) is -1.91. The first-order valence-electron chi connectivity index (χ1n) is 12.5. The molecule has 0 heterocycles. The summed E-state index contributed by atoms with van der Waals surface area (Å²) >= 11 is 0. The molecule has 0 aliphatic heterocycles. The molecule has 1 nitrogen and oxygen atoms in total. The Kier molecular flexibility index (Phi) is 7.98. The van der Waals surface area contributed by atoms with Gasteiger partial charge in [-0.2, -0.15) is 0 Å². The van der Waals surface area contributed by atoms with E-state index in [1.807, 2.05) is 0 Å². The summed E-state index contributed by atoms with van der Waals surface area (Å²) in [5.74, 6) is 1.79. The van der Waals surface area contributed by atoms with E-state index in [4.69, 9.17) is 4.43 Å². The molecule has 1 atom stereocenters. The number of hydrogen-bond donors (Lipinski definition) is 0. The minimum absolute atomic E-state index is 0.176. The lowest BCUT2D eigenvalue weighted by Crippen LogP contribution is -2.47. The van der Waals surface area contributed by atoms with Crippen LogP contribution in [0.5, 0.6) is 0 Å². The largest absolute Gasteiger partial charge is 0.546 e. The van der Waals surface area contributed by atoms with Gasteiger partial charge in [-0.3, -0.25) is 0 Å². The Morgan fingerprint density at radius 1 is 0.967 bits per heavy atom. The van der Waals surface area contributed by atoms with Crippen molar-refractivity contribution >= 4 is 8.32 Å². The fourth-order valence-electron chi connectivity index (χ4n) is 6.80. The molecule has 0 saturated carbocycles. The lowest BCUT2D eigenvalue weighted by molar-refractivity contribution is 0.239. The third-order valence-corrected chi connectivity index (χ3v) is 14.3. The Morgan fingerprint density at radius 3 is 2.03 bits per heavy atom. The van der Waals surface area contributed by atoms with Crippen LogP contribution in [0.3, 0.4) is 0 Å². The van der Waals surface area contributed by atoms with Crippen molar-refractivity contribution in [3.63, 3.8) is 0 Å². The molecular weight excluding hydrogens is 380 g/mol. The zero-order valence-electron chi connectivity index (χ0n) is 22.0. The molecule has 2 rings (SSSR count). The molecule has 0 fully saturated rings. The smallest absolute Gasteiger partial charge is 0.258 e. The van der Waals surface area contributed by atoms with Crippen molar-refractivity contribution < 1.29 is 4.43 Å². The molecule has 172 valence electrons. The molecule has 0 aromatic heterocycles. The van der Waals surface area contributed by atoms with Gasteiger partial charge >= 0.3 is 0 Å². The summed E-state index contributed by atoms with van der Waals surface area (Å²) in [5, 5.41) is 0. The van der Waals surface area contributed by atoms with Crippen LogP contribution in [0.4, 0.5) is 0 Å². The minimum Gasteiger partial charge on any atom is -0.546 e. The van der Waals surface area contributed by atoms with Crippen LogP contribution in [0.25, 0.3) is 0 Å². The summed E-state index contributed by atoms with van der Waals surface area (Å²) in [6.45, 7) is 26.5. The zero-order chi connectivity index (χ0) is 22.9. The lowest BCUT2D eigenvalue weighted by Gasteiger charge is -2.46. The van der Waals surface area contributed by atoms with E-state index in [0.717, 1.165) is 12.8 Å². The quantitative estimate of drug-likeness (QED) is 0.301. The van der Waals surface area contributed by atoms with Crippen molar-refractivity contribution in [3.05, 3.63) is 35.1 Å². The van der Waals surface area contributed by atoms with Gasteiger partial charge in [-0.05, 0) is 72.1 Å². The predicted molar refractivity (Wildman–Crippen MR) is 136 cm³/mol. The summed E-state index contributed by atoms with van der Waals surface area (Å²) in [5.41, 5.74) is 5.69. The average Bonchev–Trinajstić information content (AvgIpc) is 2.58. The summed E-state index contributed by atoms with van der Waals surface area (Å²) in [6, 6.07) is 0. The first kappa shape index (κ1) is 25.5. The third kappa shape index (κ3) is 5.00. The fourth-order valence-corrected chi connectivity index (χ4v) is 12.1. The van der Waals surface area contributed by atoms with Crippen LogP contribution in [0.15, 0.2) is 35.1 Å². The van der Waals surface area contributed by atoms with Gasteiger partial charge in [0.1, 0.15) is 0 Å². The van der Waals surface area contributed by atoms with Crippen molar-refractivity contribution in [1.82, 2.24) is 0 Å². The second kappa shape index (κ2) is 9.39. The third-order valence-electron chi connectivity index (χ3n) is 8.25. The van der Waals surface area contributed by atoms with E-state index in [0.29, 0.717) is 28.0 Å². The van der Waals surface area contributed by atoms with Crippen molar-refractivity contribution in [3.8, 4) is 0 Å². The minimum atomic E-state index is -1.91. The standard InChI is InChI=1S/C28H50OSi/c1-20(2)30(21(3)4,22(5)6)29-24-15-13-18-27(8,9)25(17-16-24)26-23(7)14-12-19-28(26,10)11/h13,16,18,20-22,25H,12,14-15,17,19H2,1-11H3/b18-13-,24-16+. The van der Waals surface area contributed by atoms with Gasteiger partial charge in [0.25, 0.3) is 8.32 Å². The first-order valence-corrected chi connectivity index (χ1v) is 14.7. The first-order chi connectivity index (χ1) is 13.8. The lowest BCUT2D eigenvalue weighted by atomic mass is 9.60. The Bertz CT molecular complexity index is 666. The van der Waals surface area contributed by atoms with Crippen molar-refractivity contribution in [2.45, 2.75) is 125 Å². The zero-order valence-corrected chi connectivity index (χ0v) is 23.0. The second-order valence-corrected chi connectivity index (χ2v) is 17.6. The number of allylic oxidation sites excluding steroid dienone is 5. The molecular formula is C28H50OSi. The van der Waals surface area contributed by atoms with E-state index < -0.39 is 8.32 Å². The highest BCUT2D eigenvalue weighted by Gasteiger charge is 2.47. The molecule has 2 aliphatic rings. The normalized spacial score (nSPS) is 27.7. The summed E-state index contributed by atoms with van der Waals surface area (Å²) < 4.78 is 7.11. The van der Waals surface area contributed by atoms with Crippen LogP contribution in [-0.2, 0) is 4.43 Å². The number of hydrogen-bond acceptors (Lipinski definition) is 1. The van der Waals surface area contributed by atoms with Crippen molar-refractivity contribution in [2.75, 3.05) is 0 Å². The Hall–Kier alpha value is -0.763. The van der Waals surface area contributed by atoms with Crippen LogP contribution < -0.4 is 0 Å². The van der Waals surface area contributed by atoms with E-state index in [-0.39, 0.29) is 5.41 Å². The van der Waals surface area contributed by atoms with Crippen molar-refractivity contribution in [1.29, 1.82) is 0 Å². The second-order valence-electron chi connectivity index (χ2n) is 12.2. The van der Waals surface area contributed by atoms with Gasteiger partial charge in [0.05, 0.1) is 5.76 Å². The monoisotopic (exact) mass is 430 g/mol.